The van der Waals surface area contributed by atoms with Gasteiger partial charge in [0.05, 0.1) is 28.9 Å². The van der Waals surface area contributed by atoms with Crippen molar-refractivity contribution in [1.82, 2.24) is 9.38 Å². The van der Waals surface area contributed by atoms with E-state index in [0.29, 0.717) is 58.1 Å². The molecule has 1 saturated heterocycles. The predicted octanol–water partition coefficient (Wildman–Crippen LogP) is 10.3. The minimum Gasteiger partial charge on any atom is -0.490 e. The molecule has 4 aromatic rings. The van der Waals surface area contributed by atoms with Crippen LogP contribution >= 0.6 is 31.9 Å². The molecule has 274 valence electrons. The van der Waals surface area contributed by atoms with Gasteiger partial charge in [0.1, 0.15) is 27.7 Å². The number of imidazole rings is 1. The number of fused-ring (bicyclic) bond motifs is 8. The Bertz CT molecular complexity index is 1950. The summed E-state index contributed by atoms with van der Waals surface area (Å²) in [5, 5.41) is 0. The van der Waals surface area contributed by atoms with Crippen LogP contribution in [0.4, 0.5) is 10.2 Å². The Morgan fingerprint density at radius 3 is 2.49 bits per heavy atom. The van der Waals surface area contributed by atoms with Gasteiger partial charge in [-0.1, -0.05) is 18.2 Å². The van der Waals surface area contributed by atoms with E-state index in [1.165, 1.54) is 7.11 Å². The molecule has 5 heterocycles. The number of ether oxygens (including phenoxy) is 4. The second kappa shape index (κ2) is 14.8. The molecular formula is C40H48Br2FN3O5. The Morgan fingerprint density at radius 2 is 1.80 bits per heavy atom. The largest absolute Gasteiger partial charge is 0.490 e. The quantitative estimate of drug-likeness (QED) is 0.190. The lowest BCUT2D eigenvalue weighted by molar-refractivity contribution is -0.164. The number of hydrogen-bond donors (Lipinski definition) is 0. The van der Waals surface area contributed by atoms with Crippen molar-refractivity contribution in [1.29, 1.82) is 0 Å². The number of nitrogens with zero attached hydrogens (tertiary/aromatic N) is 3. The first kappa shape index (κ1) is 37.8. The maximum Gasteiger partial charge on any atom is 0.339 e. The lowest BCUT2D eigenvalue weighted by Crippen LogP contribution is -2.45. The highest BCUT2D eigenvalue weighted by atomic mass is 79.9. The molecule has 6 bridgehead atoms. The summed E-state index contributed by atoms with van der Waals surface area (Å²) in [5.74, 6) is 0.694. The van der Waals surface area contributed by atoms with Crippen molar-refractivity contribution < 1.29 is 28.1 Å². The van der Waals surface area contributed by atoms with Gasteiger partial charge in [-0.15, -0.1) is 0 Å². The molecule has 11 heteroatoms. The molecule has 1 fully saturated rings. The van der Waals surface area contributed by atoms with Crippen molar-refractivity contribution in [2.24, 2.45) is 0 Å². The lowest BCUT2D eigenvalue weighted by Gasteiger charge is -2.42. The number of esters is 1. The number of methoxy groups -OCH3 is 1. The van der Waals surface area contributed by atoms with E-state index < -0.39 is 17.7 Å². The zero-order valence-electron chi connectivity index (χ0n) is 30.8. The summed E-state index contributed by atoms with van der Waals surface area (Å²) in [6, 6.07) is 11.3. The summed E-state index contributed by atoms with van der Waals surface area (Å²) >= 11 is 7.83. The van der Waals surface area contributed by atoms with Gasteiger partial charge in [0.15, 0.2) is 11.8 Å². The first-order chi connectivity index (χ1) is 24.1. The molecule has 3 aliphatic heterocycles. The molecule has 0 saturated carbocycles. The number of hydrogen-bond acceptors (Lipinski definition) is 7. The molecule has 8 nitrogen and oxygen atoms in total. The van der Waals surface area contributed by atoms with Gasteiger partial charge in [-0.2, -0.15) is 0 Å². The van der Waals surface area contributed by atoms with Crippen molar-refractivity contribution in [2.45, 2.75) is 104 Å². The van der Waals surface area contributed by atoms with Crippen molar-refractivity contribution in [3.8, 4) is 28.1 Å². The monoisotopic (exact) mass is 827 g/mol. The first-order valence-electron chi connectivity index (χ1n) is 17.7. The summed E-state index contributed by atoms with van der Waals surface area (Å²) in [7, 11) is 1.39. The topological polar surface area (TPSA) is 74.5 Å². The van der Waals surface area contributed by atoms with E-state index in [1.54, 1.807) is 19.1 Å². The van der Waals surface area contributed by atoms with Gasteiger partial charge in [0.25, 0.3) is 0 Å². The molecule has 2 aromatic carbocycles. The molecule has 0 aliphatic carbocycles. The van der Waals surface area contributed by atoms with Gasteiger partial charge in [-0.05, 0) is 147 Å². The summed E-state index contributed by atoms with van der Waals surface area (Å²) in [6.45, 7) is 15.9. The zero-order valence-corrected chi connectivity index (χ0v) is 34.0. The van der Waals surface area contributed by atoms with Crippen LogP contribution in [0, 0.1) is 19.7 Å². The minimum absolute atomic E-state index is 0.0573. The highest BCUT2D eigenvalue weighted by Gasteiger charge is 2.39. The third-order valence-corrected chi connectivity index (χ3v) is 11.6. The van der Waals surface area contributed by atoms with E-state index >= 15 is 4.39 Å². The number of aromatic nitrogens is 2. The van der Waals surface area contributed by atoms with Crippen LogP contribution in [0.15, 0.2) is 45.5 Å². The van der Waals surface area contributed by atoms with Crippen LogP contribution in [0.2, 0.25) is 0 Å². The van der Waals surface area contributed by atoms with Gasteiger partial charge >= 0.3 is 5.97 Å². The molecule has 0 amide bonds. The second-order valence-corrected chi connectivity index (χ2v) is 16.7. The van der Waals surface area contributed by atoms with Crippen molar-refractivity contribution in [2.75, 3.05) is 31.7 Å². The fraction of sp³-hybridized carbons (Fsp3) is 0.500. The summed E-state index contributed by atoms with van der Waals surface area (Å²) in [5.41, 5.74) is 4.88. The van der Waals surface area contributed by atoms with E-state index in [4.69, 9.17) is 23.9 Å². The van der Waals surface area contributed by atoms with E-state index in [9.17, 15) is 4.79 Å². The molecule has 0 spiro atoms. The zero-order chi connectivity index (χ0) is 36.8. The average molecular weight is 830 g/mol. The Morgan fingerprint density at radius 1 is 1.10 bits per heavy atom. The van der Waals surface area contributed by atoms with Crippen LogP contribution < -0.4 is 9.64 Å². The number of anilines is 1. The fourth-order valence-corrected chi connectivity index (χ4v) is 8.22. The molecule has 0 unspecified atom stereocenters. The molecule has 3 aliphatic rings. The Kier molecular flexibility index (Phi) is 11.0. The van der Waals surface area contributed by atoms with Crippen molar-refractivity contribution in [3.63, 3.8) is 0 Å². The number of benzene rings is 2. The number of aryl methyl sites for hydroxylation is 1. The van der Waals surface area contributed by atoms with E-state index in [1.807, 2.05) is 52.0 Å². The Hall–Kier alpha value is -2.99. The van der Waals surface area contributed by atoms with Crippen LogP contribution in [0.3, 0.4) is 0 Å². The summed E-state index contributed by atoms with van der Waals surface area (Å²) in [4.78, 5) is 21.1. The van der Waals surface area contributed by atoms with Crippen molar-refractivity contribution in [3.05, 3.63) is 68.0 Å². The Balaban J connectivity index is 1.61. The molecule has 0 radical (unpaired) electrons. The fourth-order valence-electron chi connectivity index (χ4n) is 7.09. The summed E-state index contributed by atoms with van der Waals surface area (Å²) in [6.07, 6.45) is 3.27. The highest BCUT2D eigenvalue weighted by molar-refractivity contribution is 9.11. The van der Waals surface area contributed by atoms with E-state index in [2.05, 4.69) is 55.0 Å². The number of rotatable bonds is 3. The number of piperidine rings is 1. The smallest absolute Gasteiger partial charge is 0.339 e. The molecule has 51 heavy (non-hydrogen) atoms. The molecular weight excluding hydrogens is 781 g/mol. The van der Waals surface area contributed by atoms with E-state index in [-0.39, 0.29) is 17.5 Å². The Labute approximate surface area is 317 Å². The van der Waals surface area contributed by atoms with Crippen LogP contribution in [-0.2, 0) is 19.0 Å². The minimum atomic E-state index is -1.00. The normalized spacial score (nSPS) is 20.6. The molecule has 7 rings (SSSR count). The van der Waals surface area contributed by atoms with Crippen LogP contribution in [0.1, 0.15) is 89.5 Å². The predicted molar refractivity (Wildman–Crippen MR) is 206 cm³/mol. The van der Waals surface area contributed by atoms with Crippen LogP contribution in [-0.4, -0.2) is 59.5 Å². The van der Waals surface area contributed by atoms with Gasteiger partial charge in [-0.3, -0.25) is 4.40 Å². The van der Waals surface area contributed by atoms with Crippen LogP contribution in [0.5, 0.6) is 5.75 Å². The third-order valence-electron chi connectivity index (χ3n) is 9.96. The number of halogens is 3. The van der Waals surface area contributed by atoms with Gasteiger partial charge in [0.2, 0.25) is 0 Å². The maximum absolute atomic E-state index is 15.1. The molecule has 2 aromatic heterocycles. The van der Waals surface area contributed by atoms with Crippen LogP contribution in [0.25, 0.3) is 28.0 Å². The average Bonchev–Trinajstić information content (AvgIpc) is 3.43. The maximum atomic E-state index is 15.1. The highest BCUT2D eigenvalue weighted by Crippen LogP contribution is 2.46. The third kappa shape index (κ3) is 7.73. The van der Waals surface area contributed by atoms with E-state index in [0.717, 1.165) is 59.1 Å². The summed E-state index contributed by atoms with van der Waals surface area (Å²) < 4.78 is 43.6. The number of carbonyl (C=O) groups excluding carboxylic acids is 1. The number of pyridine rings is 1. The molecule has 0 N–H and O–H groups in total. The van der Waals surface area contributed by atoms with Gasteiger partial charge in [-0.25, -0.2) is 14.2 Å². The number of carbonyl (C=O) groups is 1. The van der Waals surface area contributed by atoms with Gasteiger partial charge < -0.3 is 23.8 Å². The van der Waals surface area contributed by atoms with Crippen molar-refractivity contribution >= 4 is 49.3 Å². The lowest BCUT2D eigenvalue weighted by atomic mass is 9.92. The molecule has 2 atom stereocenters. The SMILES string of the molecule is COC(=O)[C@@H](OC(C)(C)C)c1c(C)c(Br)c2nc3c(Br)n2c1N1CCC(C)(CC1)OCCCC[C@H](C)Oc1cc(C)c(F)cc1-c1cccc-3c1. The first-order valence-corrected chi connectivity index (χ1v) is 19.3. The second-order valence-electron chi connectivity index (χ2n) is 15.1. The van der Waals surface area contributed by atoms with Gasteiger partial charge in [0, 0.05) is 36.4 Å². The standard InChI is InChI=1S/C40H48Br2FN3O5/c1-23-20-30-28(22-29(23)43)26-13-11-14-27(21-26)33-35(42)46-36(44-33)32(41)25(3)31(34(38(47)48-8)51-39(4,5)6)37(46)45-17-15-40(7,16-18-45)49-19-10-9-12-24(2)50-30/h11,13-14,20-22,24,34H,9-10,12,15-19H2,1-8H3/t24-,34-/m0/s1.